The van der Waals surface area contributed by atoms with Crippen LogP contribution in [0.4, 0.5) is 5.69 Å². The van der Waals surface area contributed by atoms with Crippen LogP contribution in [0.1, 0.15) is 28.8 Å². The van der Waals surface area contributed by atoms with E-state index in [1.165, 1.54) is 17.1 Å². The molecule has 2 aromatic rings. The van der Waals surface area contributed by atoms with E-state index < -0.39 is 5.97 Å². The number of hydrogen-bond donors (Lipinski definition) is 1. The number of hydrogen-bond acceptors (Lipinski definition) is 4. The Morgan fingerprint density at radius 2 is 2.10 bits per heavy atom. The smallest absolute Gasteiger partial charge is 0.338 e. The van der Waals surface area contributed by atoms with Gasteiger partial charge in [0.2, 0.25) is 0 Å². The number of aromatic nitrogens is 2. The molecule has 2 heterocycles. The normalized spacial score (nSPS) is 14.1. The van der Waals surface area contributed by atoms with E-state index in [0.29, 0.717) is 11.3 Å². The molecule has 6 nitrogen and oxygen atoms in total. The van der Waals surface area contributed by atoms with Crippen molar-refractivity contribution in [3.8, 4) is 11.8 Å². The van der Waals surface area contributed by atoms with Crippen molar-refractivity contribution in [2.75, 3.05) is 18.0 Å². The van der Waals surface area contributed by atoms with Crippen molar-refractivity contribution in [1.82, 2.24) is 9.78 Å². The quantitative estimate of drug-likeness (QED) is 0.931. The highest BCUT2D eigenvalue weighted by Crippen LogP contribution is 2.26. The Bertz CT molecular complexity index is 724. The van der Waals surface area contributed by atoms with Crippen molar-refractivity contribution in [2.24, 2.45) is 0 Å². The van der Waals surface area contributed by atoms with Gasteiger partial charge in [-0.3, -0.25) is 0 Å². The Balaban J connectivity index is 1.97. The van der Waals surface area contributed by atoms with Crippen LogP contribution >= 0.6 is 0 Å². The largest absolute Gasteiger partial charge is 0.478 e. The zero-order valence-corrected chi connectivity index (χ0v) is 11.4. The molecule has 1 fully saturated rings. The SMILES string of the molecule is N#Cc1cc(-n2cc(C(=O)O)cn2)ccc1N1CCCC1. The lowest BCUT2D eigenvalue weighted by molar-refractivity contribution is 0.0697. The lowest BCUT2D eigenvalue weighted by Gasteiger charge is -2.19. The van der Waals surface area contributed by atoms with Crippen LogP contribution in [0.3, 0.4) is 0 Å². The van der Waals surface area contributed by atoms with Crippen molar-refractivity contribution >= 4 is 11.7 Å². The average Bonchev–Trinajstić information content (AvgIpc) is 3.18. The fourth-order valence-electron chi connectivity index (χ4n) is 2.56. The molecule has 0 atom stereocenters. The van der Waals surface area contributed by atoms with Crippen LogP contribution < -0.4 is 4.90 Å². The number of aromatic carboxylic acids is 1. The molecule has 0 radical (unpaired) electrons. The molecular formula is C15H14N4O2. The molecule has 1 aromatic carbocycles. The number of carbonyl (C=O) groups is 1. The molecule has 1 saturated heterocycles. The minimum Gasteiger partial charge on any atom is -0.478 e. The van der Waals surface area contributed by atoms with Gasteiger partial charge in [-0.1, -0.05) is 0 Å². The Morgan fingerprint density at radius 1 is 1.33 bits per heavy atom. The summed E-state index contributed by atoms with van der Waals surface area (Å²) in [6.45, 7) is 1.94. The molecule has 106 valence electrons. The maximum Gasteiger partial charge on any atom is 0.338 e. The molecule has 0 amide bonds. The molecular weight excluding hydrogens is 268 g/mol. The summed E-state index contributed by atoms with van der Waals surface area (Å²) < 4.78 is 1.47. The zero-order chi connectivity index (χ0) is 14.8. The molecule has 1 aromatic heterocycles. The van der Waals surface area contributed by atoms with E-state index in [2.05, 4.69) is 16.1 Å². The highest BCUT2D eigenvalue weighted by Gasteiger charge is 2.16. The lowest BCUT2D eigenvalue weighted by atomic mass is 10.1. The fourth-order valence-corrected chi connectivity index (χ4v) is 2.56. The van der Waals surface area contributed by atoms with Gasteiger partial charge in [-0.15, -0.1) is 0 Å². The van der Waals surface area contributed by atoms with Crippen molar-refractivity contribution in [1.29, 1.82) is 5.26 Å². The summed E-state index contributed by atoms with van der Waals surface area (Å²) >= 11 is 0. The number of nitriles is 1. The van der Waals surface area contributed by atoms with E-state index >= 15 is 0 Å². The van der Waals surface area contributed by atoms with Crippen LogP contribution in [-0.2, 0) is 0 Å². The molecule has 21 heavy (non-hydrogen) atoms. The third kappa shape index (κ3) is 2.46. The van der Waals surface area contributed by atoms with Gasteiger partial charge in [0.15, 0.2) is 0 Å². The second kappa shape index (κ2) is 5.29. The fraction of sp³-hybridized carbons (Fsp3) is 0.267. The van der Waals surface area contributed by atoms with Gasteiger partial charge < -0.3 is 10.0 Å². The van der Waals surface area contributed by atoms with Crippen LogP contribution in [0.5, 0.6) is 0 Å². The van der Waals surface area contributed by atoms with E-state index in [1.54, 1.807) is 6.07 Å². The van der Waals surface area contributed by atoms with Gasteiger partial charge in [-0.05, 0) is 31.0 Å². The summed E-state index contributed by atoms with van der Waals surface area (Å²) in [4.78, 5) is 13.1. The summed E-state index contributed by atoms with van der Waals surface area (Å²) in [5.74, 6) is -1.02. The summed E-state index contributed by atoms with van der Waals surface area (Å²) in [5, 5.41) is 22.3. The molecule has 3 rings (SSSR count). The van der Waals surface area contributed by atoms with Crippen LogP contribution in [0.2, 0.25) is 0 Å². The predicted molar refractivity (Wildman–Crippen MR) is 76.7 cm³/mol. The first kappa shape index (κ1) is 13.2. The number of anilines is 1. The Hall–Kier alpha value is -2.81. The molecule has 0 spiro atoms. The molecule has 0 aliphatic carbocycles. The van der Waals surface area contributed by atoms with Gasteiger partial charge in [0, 0.05) is 19.3 Å². The van der Waals surface area contributed by atoms with E-state index in [1.807, 2.05) is 12.1 Å². The van der Waals surface area contributed by atoms with Gasteiger partial charge >= 0.3 is 5.97 Å². The molecule has 1 N–H and O–H groups in total. The number of carboxylic acid groups (broad SMARTS) is 1. The van der Waals surface area contributed by atoms with Crippen molar-refractivity contribution in [2.45, 2.75) is 12.8 Å². The molecule has 1 aliphatic heterocycles. The maximum absolute atomic E-state index is 10.9. The lowest BCUT2D eigenvalue weighted by Crippen LogP contribution is -2.18. The van der Waals surface area contributed by atoms with Gasteiger partial charge in [-0.25, -0.2) is 9.48 Å². The van der Waals surface area contributed by atoms with Crippen molar-refractivity contribution in [3.05, 3.63) is 41.7 Å². The van der Waals surface area contributed by atoms with Crippen LogP contribution in [0.15, 0.2) is 30.6 Å². The van der Waals surface area contributed by atoms with Gasteiger partial charge in [0.05, 0.1) is 28.7 Å². The monoisotopic (exact) mass is 282 g/mol. The predicted octanol–water partition coefficient (Wildman–Crippen LogP) is 2.04. The summed E-state index contributed by atoms with van der Waals surface area (Å²) in [7, 11) is 0. The Labute approximate surface area is 121 Å². The highest BCUT2D eigenvalue weighted by atomic mass is 16.4. The molecule has 1 aliphatic rings. The van der Waals surface area contributed by atoms with E-state index in [4.69, 9.17) is 5.11 Å². The second-order valence-electron chi connectivity index (χ2n) is 4.99. The number of rotatable bonds is 3. The first-order valence-electron chi connectivity index (χ1n) is 6.76. The van der Waals surface area contributed by atoms with E-state index in [9.17, 15) is 10.1 Å². The van der Waals surface area contributed by atoms with E-state index in [0.717, 1.165) is 31.6 Å². The molecule has 0 saturated carbocycles. The molecule has 0 unspecified atom stereocenters. The van der Waals surface area contributed by atoms with Gasteiger partial charge in [0.25, 0.3) is 0 Å². The molecule has 6 heteroatoms. The van der Waals surface area contributed by atoms with Gasteiger partial charge in [-0.2, -0.15) is 10.4 Å². The highest BCUT2D eigenvalue weighted by molar-refractivity contribution is 5.87. The summed E-state index contributed by atoms with van der Waals surface area (Å²) in [5.41, 5.74) is 2.32. The Morgan fingerprint density at radius 3 is 2.71 bits per heavy atom. The van der Waals surface area contributed by atoms with E-state index in [-0.39, 0.29) is 5.56 Å². The number of benzene rings is 1. The molecule has 0 bridgehead atoms. The van der Waals surface area contributed by atoms with Crippen LogP contribution in [-0.4, -0.2) is 33.9 Å². The summed E-state index contributed by atoms with van der Waals surface area (Å²) in [6.07, 6.45) is 5.03. The minimum atomic E-state index is -1.02. The number of carboxylic acids is 1. The standard InChI is InChI=1S/C15H14N4O2/c16-8-11-7-13(19-10-12(9-17-19)15(20)21)3-4-14(11)18-5-1-2-6-18/h3-4,7,9-10H,1-2,5-6H2,(H,20,21). The average molecular weight is 282 g/mol. The third-order valence-electron chi connectivity index (χ3n) is 3.64. The van der Waals surface area contributed by atoms with Crippen LogP contribution in [0, 0.1) is 11.3 Å². The van der Waals surface area contributed by atoms with Crippen molar-refractivity contribution in [3.63, 3.8) is 0 Å². The van der Waals surface area contributed by atoms with Gasteiger partial charge in [0.1, 0.15) is 6.07 Å². The van der Waals surface area contributed by atoms with Crippen molar-refractivity contribution < 1.29 is 9.90 Å². The second-order valence-corrected chi connectivity index (χ2v) is 4.99. The third-order valence-corrected chi connectivity index (χ3v) is 3.64. The van der Waals surface area contributed by atoms with Crippen LogP contribution in [0.25, 0.3) is 5.69 Å². The number of nitrogens with zero attached hydrogens (tertiary/aromatic N) is 4. The Kier molecular flexibility index (Phi) is 3.32. The summed E-state index contributed by atoms with van der Waals surface area (Å²) in [6, 6.07) is 7.71. The first-order chi connectivity index (χ1) is 10.2. The first-order valence-corrected chi connectivity index (χ1v) is 6.76. The zero-order valence-electron chi connectivity index (χ0n) is 11.4. The topological polar surface area (TPSA) is 82.1 Å². The maximum atomic E-state index is 10.9. The minimum absolute atomic E-state index is 0.122.